The molecule has 1 fully saturated rings. The van der Waals surface area contributed by atoms with E-state index in [1.54, 1.807) is 18.2 Å². The molecular formula is C17H26N2O2. The molecule has 1 aromatic rings. The number of hydrogen-bond donors (Lipinski definition) is 2. The van der Waals surface area contributed by atoms with E-state index in [9.17, 15) is 4.79 Å². The van der Waals surface area contributed by atoms with E-state index in [-0.39, 0.29) is 11.3 Å². The van der Waals surface area contributed by atoms with Crippen molar-refractivity contribution in [3.05, 3.63) is 23.8 Å². The van der Waals surface area contributed by atoms with Gasteiger partial charge in [0.15, 0.2) is 5.75 Å². The zero-order chi connectivity index (χ0) is 15.3. The maximum Gasteiger partial charge on any atom is 0.255 e. The van der Waals surface area contributed by atoms with Crippen molar-refractivity contribution < 1.29 is 9.53 Å². The maximum atomic E-state index is 12.5. The van der Waals surface area contributed by atoms with E-state index < -0.39 is 0 Å². The Hall–Kier alpha value is -1.71. The summed E-state index contributed by atoms with van der Waals surface area (Å²) in [7, 11) is 0. The summed E-state index contributed by atoms with van der Waals surface area (Å²) in [4.78, 5) is 12.5. The lowest BCUT2D eigenvalue weighted by molar-refractivity contribution is 0.0925. The molecule has 4 nitrogen and oxygen atoms in total. The van der Waals surface area contributed by atoms with E-state index in [0.29, 0.717) is 23.6 Å². The molecule has 116 valence electrons. The number of carbonyl (C=O) groups excluding carboxylic acids is 1. The summed E-state index contributed by atoms with van der Waals surface area (Å²) in [6.07, 6.45) is 6.07. The predicted molar refractivity (Wildman–Crippen MR) is 85.5 cm³/mol. The van der Waals surface area contributed by atoms with Crippen LogP contribution in [-0.4, -0.2) is 19.1 Å². The van der Waals surface area contributed by atoms with Crippen molar-refractivity contribution in [3.63, 3.8) is 0 Å². The Morgan fingerprint density at radius 3 is 2.67 bits per heavy atom. The Bertz CT molecular complexity index is 494. The molecule has 0 aromatic heterocycles. The summed E-state index contributed by atoms with van der Waals surface area (Å²) in [6, 6.07) is 5.31. The number of amides is 1. The molecule has 0 aliphatic heterocycles. The zero-order valence-electron chi connectivity index (χ0n) is 13.1. The van der Waals surface area contributed by atoms with Gasteiger partial charge in [-0.25, -0.2) is 0 Å². The number of hydrogen-bond acceptors (Lipinski definition) is 3. The molecule has 0 atom stereocenters. The van der Waals surface area contributed by atoms with E-state index in [1.807, 2.05) is 6.92 Å². The summed E-state index contributed by atoms with van der Waals surface area (Å²) in [6.45, 7) is 5.33. The largest absolute Gasteiger partial charge is 0.491 e. The van der Waals surface area contributed by atoms with Gasteiger partial charge in [0.2, 0.25) is 0 Å². The Morgan fingerprint density at radius 2 is 2.05 bits per heavy atom. The van der Waals surface area contributed by atoms with Crippen LogP contribution in [-0.2, 0) is 0 Å². The number of nitrogens with two attached hydrogens (primary N) is 1. The molecule has 0 saturated heterocycles. The minimum Gasteiger partial charge on any atom is -0.491 e. The Kier molecular flexibility index (Phi) is 5.10. The number of rotatable bonds is 6. The summed E-state index contributed by atoms with van der Waals surface area (Å²) in [5.74, 6) is 0.403. The van der Waals surface area contributed by atoms with Gasteiger partial charge in [-0.05, 0) is 43.7 Å². The topological polar surface area (TPSA) is 64.3 Å². The van der Waals surface area contributed by atoms with Crippen LogP contribution in [0.1, 0.15) is 56.3 Å². The predicted octanol–water partition coefficient (Wildman–Crippen LogP) is 3.37. The molecule has 1 aromatic carbocycles. The third-order valence-electron chi connectivity index (χ3n) is 4.62. The first-order chi connectivity index (χ1) is 10.1. The first-order valence-corrected chi connectivity index (χ1v) is 7.91. The first-order valence-electron chi connectivity index (χ1n) is 7.91. The van der Waals surface area contributed by atoms with Gasteiger partial charge in [-0.15, -0.1) is 0 Å². The van der Waals surface area contributed by atoms with Gasteiger partial charge >= 0.3 is 0 Å². The molecule has 1 aliphatic carbocycles. The average Bonchev–Trinajstić information content (AvgIpc) is 2.96. The number of benzene rings is 1. The first kappa shape index (κ1) is 15.7. The monoisotopic (exact) mass is 290 g/mol. The molecule has 1 saturated carbocycles. The lowest BCUT2D eigenvalue weighted by Crippen LogP contribution is -2.35. The van der Waals surface area contributed by atoms with E-state index in [2.05, 4.69) is 12.2 Å². The number of carbonyl (C=O) groups is 1. The number of ether oxygens (including phenoxy) is 1. The molecule has 4 heteroatoms. The fourth-order valence-corrected chi connectivity index (χ4v) is 3.18. The SMILES string of the molecule is CCOc1c(N)cccc1C(=O)NCC1(CC)CCCC1. The normalized spacial score (nSPS) is 16.7. The average molecular weight is 290 g/mol. The minimum absolute atomic E-state index is 0.0922. The summed E-state index contributed by atoms with van der Waals surface area (Å²) >= 11 is 0. The van der Waals surface area contributed by atoms with Crippen LogP contribution in [0.5, 0.6) is 5.75 Å². The third kappa shape index (κ3) is 3.49. The van der Waals surface area contributed by atoms with Gasteiger partial charge in [-0.2, -0.15) is 0 Å². The van der Waals surface area contributed by atoms with Gasteiger partial charge < -0.3 is 15.8 Å². The summed E-state index contributed by atoms with van der Waals surface area (Å²) in [5.41, 5.74) is 7.23. The summed E-state index contributed by atoms with van der Waals surface area (Å²) < 4.78 is 5.53. The van der Waals surface area contributed by atoms with Crippen LogP contribution in [0.4, 0.5) is 5.69 Å². The Labute approximate surface area is 127 Å². The lowest BCUT2D eigenvalue weighted by atomic mass is 9.83. The molecule has 0 radical (unpaired) electrons. The molecule has 0 heterocycles. The van der Waals surface area contributed by atoms with Gasteiger partial charge in [0.1, 0.15) is 0 Å². The molecule has 1 aliphatic rings. The number of nitrogen functional groups attached to an aromatic ring is 1. The van der Waals surface area contributed by atoms with Crippen LogP contribution in [0.15, 0.2) is 18.2 Å². The second kappa shape index (κ2) is 6.83. The van der Waals surface area contributed by atoms with Crippen LogP contribution in [0.3, 0.4) is 0 Å². The lowest BCUT2D eigenvalue weighted by Gasteiger charge is -2.27. The maximum absolute atomic E-state index is 12.5. The van der Waals surface area contributed by atoms with Gasteiger partial charge in [-0.3, -0.25) is 4.79 Å². The number of para-hydroxylation sites is 1. The standard InChI is InChI=1S/C17H26N2O2/c1-3-17(10-5-6-11-17)12-19-16(20)13-8-7-9-14(18)15(13)21-4-2/h7-9H,3-6,10-12,18H2,1-2H3,(H,19,20). The highest BCUT2D eigenvalue weighted by atomic mass is 16.5. The second-order valence-electron chi connectivity index (χ2n) is 5.90. The summed E-state index contributed by atoms with van der Waals surface area (Å²) in [5, 5.41) is 3.08. The van der Waals surface area contributed by atoms with Crippen LogP contribution in [0.2, 0.25) is 0 Å². The van der Waals surface area contributed by atoms with Crippen molar-refractivity contribution in [2.45, 2.75) is 46.0 Å². The second-order valence-corrected chi connectivity index (χ2v) is 5.90. The highest BCUT2D eigenvalue weighted by Gasteiger charge is 2.32. The quantitative estimate of drug-likeness (QED) is 0.789. The van der Waals surface area contributed by atoms with E-state index >= 15 is 0 Å². The highest BCUT2D eigenvalue weighted by molar-refractivity contribution is 5.98. The van der Waals surface area contributed by atoms with Crippen LogP contribution >= 0.6 is 0 Å². The van der Waals surface area contributed by atoms with Gasteiger partial charge in [0, 0.05) is 6.54 Å². The highest BCUT2D eigenvalue weighted by Crippen LogP contribution is 2.40. The Morgan fingerprint density at radius 1 is 1.33 bits per heavy atom. The van der Waals surface area contributed by atoms with E-state index in [1.165, 1.54) is 25.7 Å². The van der Waals surface area contributed by atoms with Crippen molar-refractivity contribution >= 4 is 11.6 Å². The molecule has 21 heavy (non-hydrogen) atoms. The van der Waals surface area contributed by atoms with Gasteiger partial charge in [-0.1, -0.05) is 25.8 Å². The third-order valence-corrected chi connectivity index (χ3v) is 4.62. The van der Waals surface area contributed by atoms with E-state index in [0.717, 1.165) is 13.0 Å². The Balaban J connectivity index is 2.08. The van der Waals surface area contributed by atoms with Crippen molar-refractivity contribution in [1.82, 2.24) is 5.32 Å². The molecule has 3 N–H and O–H groups in total. The smallest absolute Gasteiger partial charge is 0.255 e. The van der Waals surface area contributed by atoms with Crippen molar-refractivity contribution in [2.75, 3.05) is 18.9 Å². The van der Waals surface area contributed by atoms with Crippen LogP contribution in [0.25, 0.3) is 0 Å². The fourth-order valence-electron chi connectivity index (χ4n) is 3.18. The van der Waals surface area contributed by atoms with Crippen LogP contribution < -0.4 is 15.8 Å². The van der Waals surface area contributed by atoms with Gasteiger partial charge in [0.25, 0.3) is 5.91 Å². The van der Waals surface area contributed by atoms with Crippen molar-refractivity contribution in [2.24, 2.45) is 5.41 Å². The molecule has 0 unspecified atom stereocenters. The molecule has 1 amide bonds. The van der Waals surface area contributed by atoms with Gasteiger partial charge in [0.05, 0.1) is 17.9 Å². The molecular weight excluding hydrogens is 264 g/mol. The molecule has 0 bridgehead atoms. The molecule has 2 rings (SSSR count). The van der Waals surface area contributed by atoms with Crippen LogP contribution in [0, 0.1) is 5.41 Å². The van der Waals surface area contributed by atoms with Crippen molar-refractivity contribution in [3.8, 4) is 5.75 Å². The fraction of sp³-hybridized carbons (Fsp3) is 0.588. The molecule has 0 spiro atoms. The van der Waals surface area contributed by atoms with Crippen molar-refractivity contribution in [1.29, 1.82) is 0 Å². The zero-order valence-corrected chi connectivity index (χ0v) is 13.1. The number of anilines is 1. The number of nitrogens with one attached hydrogen (secondary N) is 1. The minimum atomic E-state index is -0.0922. The van der Waals surface area contributed by atoms with E-state index in [4.69, 9.17) is 10.5 Å².